The quantitative estimate of drug-likeness (QED) is 0.902. The lowest BCUT2D eigenvalue weighted by Gasteiger charge is -2.27. The normalized spacial score (nSPS) is 17.8. The van der Waals surface area contributed by atoms with Gasteiger partial charge in [-0.1, -0.05) is 19.8 Å². The molecule has 0 aromatic carbocycles. The van der Waals surface area contributed by atoms with Gasteiger partial charge in [0, 0.05) is 12.7 Å². The highest BCUT2D eigenvalue weighted by atomic mass is 32.2. The molecule has 1 fully saturated rings. The first-order chi connectivity index (χ1) is 9.51. The van der Waals surface area contributed by atoms with Gasteiger partial charge in [-0.3, -0.25) is 0 Å². The van der Waals surface area contributed by atoms with E-state index in [1.807, 2.05) is 6.07 Å². The molecule has 20 heavy (non-hydrogen) atoms. The van der Waals surface area contributed by atoms with E-state index in [1.165, 1.54) is 31.2 Å². The minimum atomic E-state index is -3.54. The molecule has 0 aliphatic heterocycles. The molecule has 0 amide bonds. The summed E-state index contributed by atoms with van der Waals surface area (Å²) in [4.78, 5) is 3.91. The second-order valence-corrected chi connectivity index (χ2v) is 7.14. The van der Waals surface area contributed by atoms with Gasteiger partial charge >= 0.3 is 0 Å². The van der Waals surface area contributed by atoms with Crippen LogP contribution in [0.15, 0.2) is 23.2 Å². The maximum absolute atomic E-state index is 12.2. The largest absolute Gasteiger partial charge is 0.244 e. The Labute approximate surface area is 120 Å². The van der Waals surface area contributed by atoms with Crippen molar-refractivity contribution in [3.8, 4) is 6.07 Å². The molecule has 0 atom stereocenters. The Morgan fingerprint density at radius 2 is 2.10 bits per heavy atom. The lowest BCUT2D eigenvalue weighted by atomic mass is 9.84. The molecule has 6 heteroatoms. The van der Waals surface area contributed by atoms with Crippen molar-refractivity contribution in [3.63, 3.8) is 0 Å². The first kappa shape index (κ1) is 14.9. The fraction of sp³-hybridized carbons (Fsp3) is 0.571. The average Bonchev–Trinajstić information content (AvgIpc) is 2.95. The van der Waals surface area contributed by atoms with E-state index in [2.05, 4.69) is 16.6 Å². The summed E-state index contributed by atoms with van der Waals surface area (Å²) in [5.74, 6) is 0. The van der Waals surface area contributed by atoms with Crippen molar-refractivity contribution in [1.29, 1.82) is 5.26 Å². The summed E-state index contributed by atoms with van der Waals surface area (Å²) < 4.78 is 27.1. The van der Waals surface area contributed by atoms with Crippen LogP contribution < -0.4 is 4.72 Å². The minimum Gasteiger partial charge on any atom is -0.244 e. The van der Waals surface area contributed by atoms with Crippen LogP contribution in [0.4, 0.5) is 0 Å². The highest BCUT2D eigenvalue weighted by Gasteiger charge is 2.33. The minimum absolute atomic E-state index is 0.104. The second-order valence-electron chi connectivity index (χ2n) is 5.38. The topological polar surface area (TPSA) is 82.9 Å². The summed E-state index contributed by atoms with van der Waals surface area (Å²) >= 11 is 0. The second kappa shape index (κ2) is 5.90. The smallest absolute Gasteiger partial charge is 0.242 e. The van der Waals surface area contributed by atoms with Crippen LogP contribution in [0.3, 0.4) is 0 Å². The average molecular weight is 293 g/mol. The van der Waals surface area contributed by atoms with E-state index in [4.69, 9.17) is 5.26 Å². The number of nitriles is 1. The molecular weight excluding hydrogens is 274 g/mol. The molecule has 0 saturated heterocycles. The van der Waals surface area contributed by atoms with Gasteiger partial charge in [0.05, 0.1) is 0 Å². The van der Waals surface area contributed by atoms with Crippen LogP contribution in [0, 0.1) is 16.7 Å². The van der Waals surface area contributed by atoms with Crippen LogP contribution in [0.25, 0.3) is 0 Å². The number of nitrogens with one attached hydrogen (secondary N) is 1. The number of aromatic nitrogens is 1. The highest BCUT2D eigenvalue weighted by Crippen LogP contribution is 2.40. The molecular formula is C14H19N3O2S. The van der Waals surface area contributed by atoms with Gasteiger partial charge in [0.1, 0.15) is 16.7 Å². The first-order valence-electron chi connectivity index (χ1n) is 6.87. The third kappa shape index (κ3) is 3.17. The van der Waals surface area contributed by atoms with E-state index in [1.54, 1.807) is 0 Å². The molecule has 1 aliphatic carbocycles. The third-order valence-corrected chi connectivity index (χ3v) is 5.60. The Bertz CT molecular complexity index is 596. The highest BCUT2D eigenvalue weighted by molar-refractivity contribution is 7.89. The Morgan fingerprint density at radius 3 is 2.60 bits per heavy atom. The van der Waals surface area contributed by atoms with Gasteiger partial charge in [-0.25, -0.2) is 18.1 Å². The van der Waals surface area contributed by atoms with Gasteiger partial charge in [0.25, 0.3) is 0 Å². The number of hydrogen-bond donors (Lipinski definition) is 1. The van der Waals surface area contributed by atoms with E-state index in [-0.39, 0.29) is 16.0 Å². The van der Waals surface area contributed by atoms with Crippen LogP contribution in [0.5, 0.6) is 0 Å². The van der Waals surface area contributed by atoms with Gasteiger partial charge in [-0.2, -0.15) is 5.26 Å². The predicted octanol–water partition coefficient (Wildman–Crippen LogP) is 2.20. The Hall–Kier alpha value is -1.45. The molecule has 1 N–H and O–H groups in total. The Kier molecular flexibility index (Phi) is 4.41. The first-order valence-corrected chi connectivity index (χ1v) is 8.35. The molecule has 108 valence electrons. The van der Waals surface area contributed by atoms with Crippen molar-refractivity contribution in [1.82, 2.24) is 9.71 Å². The number of hydrogen-bond acceptors (Lipinski definition) is 4. The summed E-state index contributed by atoms with van der Waals surface area (Å²) in [5, 5.41) is 8.67. The zero-order valence-electron chi connectivity index (χ0n) is 11.6. The molecule has 5 nitrogen and oxygen atoms in total. The van der Waals surface area contributed by atoms with Crippen molar-refractivity contribution < 1.29 is 8.42 Å². The van der Waals surface area contributed by atoms with Crippen molar-refractivity contribution in [2.45, 2.75) is 43.9 Å². The fourth-order valence-electron chi connectivity index (χ4n) is 2.72. The summed E-state index contributed by atoms with van der Waals surface area (Å²) in [5.41, 5.74) is 0.317. The number of rotatable bonds is 5. The Balaban J connectivity index is 2.09. The monoisotopic (exact) mass is 293 g/mol. The summed E-state index contributed by atoms with van der Waals surface area (Å²) in [7, 11) is -3.54. The zero-order valence-corrected chi connectivity index (χ0v) is 12.4. The van der Waals surface area contributed by atoms with Crippen LogP contribution in [-0.4, -0.2) is 19.9 Å². The summed E-state index contributed by atoms with van der Waals surface area (Å²) in [6.45, 7) is 2.59. The van der Waals surface area contributed by atoms with E-state index in [0.29, 0.717) is 6.54 Å². The van der Waals surface area contributed by atoms with E-state index in [9.17, 15) is 8.42 Å². The third-order valence-electron chi connectivity index (χ3n) is 4.21. The lowest BCUT2D eigenvalue weighted by molar-refractivity contribution is 0.285. The van der Waals surface area contributed by atoms with E-state index < -0.39 is 10.0 Å². The molecule has 1 saturated carbocycles. The lowest BCUT2D eigenvalue weighted by Crippen LogP contribution is -2.35. The van der Waals surface area contributed by atoms with Gasteiger partial charge in [-0.15, -0.1) is 0 Å². The zero-order chi connectivity index (χ0) is 14.6. The van der Waals surface area contributed by atoms with Gasteiger partial charge in [-0.05, 0) is 36.8 Å². The van der Waals surface area contributed by atoms with Crippen LogP contribution in [0.2, 0.25) is 0 Å². The van der Waals surface area contributed by atoms with Crippen molar-refractivity contribution in [3.05, 3.63) is 24.0 Å². The van der Waals surface area contributed by atoms with Crippen LogP contribution in [0.1, 0.15) is 44.7 Å². The number of pyridine rings is 1. The van der Waals surface area contributed by atoms with Gasteiger partial charge in [0.2, 0.25) is 10.0 Å². The number of sulfonamides is 1. The van der Waals surface area contributed by atoms with Gasteiger partial charge < -0.3 is 0 Å². The molecule has 0 radical (unpaired) electrons. The van der Waals surface area contributed by atoms with Crippen molar-refractivity contribution in [2.75, 3.05) is 6.54 Å². The van der Waals surface area contributed by atoms with Crippen molar-refractivity contribution >= 4 is 10.0 Å². The molecule has 0 unspecified atom stereocenters. The maximum atomic E-state index is 12.2. The molecule has 1 heterocycles. The molecule has 2 rings (SSSR count). The van der Waals surface area contributed by atoms with Crippen molar-refractivity contribution in [2.24, 2.45) is 5.41 Å². The van der Waals surface area contributed by atoms with Crippen LogP contribution >= 0.6 is 0 Å². The summed E-state index contributed by atoms with van der Waals surface area (Å²) in [6, 6.07) is 4.71. The SMILES string of the molecule is CCC1(CNS(=O)(=O)c2ccc(C#N)nc2)CCCC1. The standard InChI is InChI=1S/C14H19N3O2S/c1-2-14(7-3-4-8-14)11-17-20(18,19)13-6-5-12(9-15)16-10-13/h5-6,10,17H,2-4,7-8,11H2,1H3. The molecule has 1 aliphatic rings. The van der Waals surface area contributed by atoms with Gasteiger partial charge in [0.15, 0.2) is 0 Å². The molecule has 0 bridgehead atoms. The van der Waals surface area contributed by atoms with Crippen LogP contribution in [-0.2, 0) is 10.0 Å². The molecule has 1 aromatic rings. The van der Waals surface area contributed by atoms with E-state index in [0.717, 1.165) is 19.3 Å². The molecule has 1 aromatic heterocycles. The summed E-state index contributed by atoms with van der Waals surface area (Å²) in [6.07, 6.45) is 6.73. The maximum Gasteiger partial charge on any atom is 0.242 e. The number of nitrogens with zero attached hydrogens (tertiary/aromatic N) is 2. The predicted molar refractivity (Wildman–Crippen MR) is 75.3 cm³/mol. The fourth-order valence-corrected chi connectivity index (χ4v) is 3.82. The van der Waals surface area contributed by atoms with E-state index >= 15 is 0 Å². The Morgan fingerprint density at radius 1 is 1.40 bits per heavy atom. The molecule has 0 spiro atoms.